The van der Waals surface area contributed by atoms with Crippen LogP contribution in [-0.2, 0) is 4.79 Å². The van der Waals surface area contributed by atoms with Gasteiger partial charge in [0.2, 0.25) is 5.91 Å². The first-order valence-electron chi connectivity index (χ1n) is 13.4. The Balaban J connectivity index is 1.10. The number of aryl methyl sites for hydroxylation is 1. The molecule has 202 valence electrons. The number of aliphatic hydroxyl groups is 2. The number of halogens is 2. The molecule has 2 aromatic carbocycles. The van der Waals surface area contributed by atoms with Gasteiger partial charge in [0.05, 0.1) is 22.7 Å². The fourth-order valence-corrected chi connectivity index (χ4v) is 6.25. The third-order valence-electron chi connectivity index (χ3n) is 8.09. The molecule has 2 aliphatic heterocycles. The molecule has 2 saturated heterocycles. The second kappa shape index (κ2) is 11.6. The van der Waals surface area contributed by atoms with E-state index in [2.05, 4.69) is 9.88 Å². The first-order valence-corrected chi connectivity index (χ1v) is 13.7. The number of hydrogen-bond donors (Lipinski definition) is 3. The largest absolute Gasteiger partial charge is 0.392 e. The van der Waals surface area contributed by atoms with Crippen LogP contribution in [0.25, 0.3) is 17.0 Å². The van der Waals surface area contributed by atoms with Crippen molar-refractivity contribution >= 4 is 34.5 Å². The maximum atomic E-state index is 13.6. The standard InChI is InChI=1S/C30H35ClFN3O3/c1-19-13-20(15-22(32)14-19)5-6-29(38)35-11-7-21(8-12-35)27(36)17-34-10-9-23(28(37)18-34)25-16-33-30-24(25)3-2-4-26(30)31/h2-6,13-16,21,23,27-28,33,36-37H,7-12,17-18H2,1H3/b6-5+/t23-,27+,28+/m0/s1. The second-order valence-electron chi connectivity index (χ2n) is 10.8. The number of carbonyl (C=O) groups is 1. The fraction of sp³-hybridized carbons (Fsp3) is 0.433. The van der Waals surface area contributed by atoms with Crippen LogP contribution in [0.4, 0.5) is 4.39 Å². The molecule has 38 heavy (non-hydrogen) atoms. The molecule has 2 aliphatic rings. The first-order chi connectivity index (χ1) is 18.3. The number of carbonyl (C=O) groups excluding carboxylic acids is 1. The number of fused-ring (bicyclic) bond motifs is 1. The topological polar surface area (TPSA) is 79.8 Å². The quantitative estimate of drug-likeness (QED) is 0.396. The lowest BCUT2D eigenvalue weighted by Crippen LogP contribution is -2.48. The Hall–Kier alpha value is -2.71. The van der Waals surface area contributed by atoms with Gasteiger partial charge in [-0.1, -0.05) is 29.8 Å². The van der Waals surface area contributed by atoms with Crippen molar-refractivity contribution in [2.75, 3.05) is 32.7 Å². The number of para-hydroxylation sites is 1. The predicted molar refractivity (Wildman–Crippen MR) is 149 cm³/mol. The van der Waals surface area contributed by atoms with Gasteiger partial charge < -0.3 is 20.1 Å². The van der Waals surface area contributed by atoms with Crippen molar-refractivity contribution < 1.29 is 19.4 Å². The molecule has 6 nitrogen and oxygen atoms in total. The van der Waals surface area contributed by atoms with Gasteiger partial charge in [0.15, 0.2) is 0 Å². The van der Waals surface area contributed by atoms with Gasteiger partial charge in [-0.2, -0.15) is 0 Å². The smallest absolute Gasteiger partial charge is 0.246 e. The Kier molecular flexibility index (Phi) is 8.19. The lowest BCUT2D eigenvalue weighted by molar-refractivity contribution is -0.128. The highest BCUT2D eigenvalue weighted by molar-refractivity contribution is 6.35. The summed E-state index contributed by atoms with van der Waals surface area (Å²) in [6.45, 7) is 4.81. The Morgan fingerprint density at radius 2 is 2.00 bits per heavy atom. The van der Waals surface area contributed by atoms with Gasteiger partial charge in [-0.05, 0) is 79.6 Å². The van der Waals surface area contributed by atoms with E-state index in [1.54, 1.807) is 11.0 Å². The highest BCUT2D eigenvalue weighted by Gasteiger charge is 2.33. The molecular weight excluding hydrogens is 505 g/mol. The van der Waals surface area contributed by atoms with Gasteiger partial charge in [-0.15, -0.1) is 0 Å². The molecular formula is C30H35ClFN3O3. The fourth-order valence-electron chi connectivity index (χ4n) is 6.02. The first kappa shape index (κ1) is 26.9. The molecule has 1 aromatic heterocycles. The van der Waals surface area contributed by atoms with Crippen LogP contribution in [-0.4, -0.2) is 75.8 Å². The second-order valence-corrected chi connectivity index (χ2v) is 11.2. The number of β-amino-alcohol motifs (C(OH)–C–C–N with tert-alkyl or cyclic N) is 2. The number of nitrogens with zero attached hydrogens (tertiary/aromatic N) is 2. The van der Waals surface area contributed by atoms with Crippen molar-refractivity contribution in [2.24, 2.45) is 5.92 Å². The summed E-state index contributed by atoms with van der Waals surface area (Å²) in [5.74, 6) is -0.274. The monoisotopic (exact) mass is 539 g/mol. The molecule has 0 radical (unpaired) electrons. The molecule has 3 aromatic rings. The number of aromatic amines is 1. The van der Waals surface area contributed by atoms with Crippen LogP contribution in [0.3, 0.4) is 0 Å². The number of likely N-dealkylation sites (tertiary alicyclic amines) is 2. The Morgan fingerprint density at radius 1 is 1.21 bits per heavy atom. The van der Waals surface area contributed by atoms with Crippen molar-refractivity contribution in [3.8, 4) is 0 Å². The van der Waals surface area contributed by atoms with E-state index in [-0.39, 0.29) is 23.6 Å². The number of aromatic nitrogens is 1. The molecule has 0 unspecified atom stereocenters. The van der Waals surface area contributed by atoms with Crippen LogP contribution in [0, 0.1) is 18.7 Å². The van der Waals surface area contributed by atoms with Crippen molar-refractivity contribution in [3.63, 3.8) is 0 Å². The van der Waals surface area contributed by atoms with Gasteiger partial charge in [0.1, 0.15) is 5.82 Å². The van der Waals surface area contributed by atoms with Gasteiger partial charge >= 0.3 is 0 Å². The van der Waals surface area contributed by atoms with Gasteiger partial charge in [-0.3, -0.25) is 9.69 Å². The number of piperidine rings is 2. The number of aliphatic hydroxyl groups excluding tert-OH is 2. The molecule has 3 N–H and O–H groups in total. The molecule has 0 spiro atoms. The van der Waals surface area contributed by atoms with Crippen molar-refractivity contribution in [3.05, 3.63) is 76.2 Å². The van der Waals surface area contributed by atoms with Crippen LogP contribution in [0.5, 0.6) is 0 Å². The number of H-pyrrole nitrogens is 1. The third-order valence-corrected chi connectivity index (χ3v) is 8.40. The van der Waals surface area contributed by atoms with E-state index < -0.39 is 12.2 Å². The summed E-state index contributed by atoms with van der Waals surface area (Å²) in [5.41, 5.74) is 3.47. The molecule has 3 heterocycles. The minimum absolute atomic E-state index is 0.0224. The van der Waals surface area contributed by atoms with E-state index in [0.29, 0.717) is 36.8 Å². The number of rotatable bonds is 6. The van der Waals surface area contributed by atoms with E-state index in [1.165, 1.54) is 18.2 Å². The summed E-state index contributed by atoms with van der Waals surface area (Å²) < 4.78 is 13.6. The molecule has 3 atom stereocenters. The van der Waals surface area contributed by atoms with E-state index in [1.807, 2.05) is 37.4 Å². The molecule has 2 fully saturated rings. The average Bonchev–Trinajstić information content (AvgIpc) is 3.32. The van der Waals surface area contributed by atoms with Gasteiger partial charge in [0.25, 0.3) is 0 Å². The number of hydrogen-bond acceptors (Lipinski definition) is 4. The molecule has 8 heteroatoms. The van der Waals surface area contributed by atoms with Crippen LogP contribution in [0.2, 0.25) is 5.02 Å². The number of nitrogens with one attached hydrogen (secondary N) is 1. The predicted octanol–water partition coefficient (Wildman–Crippen LogP) is 4.73. The third kappa shape index (κ3) is 5.96. The maximum absolute atomic E-state index is 13.6. The van der Waals surface area contributed by atoms with Gasteiger partial charge in [0, 0.05) is 49.8 Å². The molecule has 1 amide bonds. The summed E-state index contributed by atoms with van der Waals surface area (Å²) in [5, 5.41) is 23.7. The van der Waals surface area contributed by atoms with Crippen LogP contribution >= 0.6 is 11.6 Å². The number of benzene rings is 2. The van der Waals surface area contributed by atoms with E-state index in [0.717, 1.165) is 47.8 Å². The Morgan fingerprint density at radius 3 is 2.74 bits per heavy atom. The van der Waals surface area contributed by atoms with Crippen LogP contribution in [0.1, 0.15) is 41.9 Å². The Bertz CT molecular complexity index is 1300. The number of amides is 1. The summed E-state index contributed by atoms with van der Waals surface area (Å²) >= 11 is 6.31. The highest BCUT2D eigenvalue weighted by atomic mass is 35.5. The highest BCUT2D eigenvalue weighted by Crippen LogP contribution is 2.36. The van der Waals surface area contributed by atoms with Crippen molar-refractivity contribution in [1.82, 2.24) is 14.8 Å². The zero-order chi connectivity index (χ0) is 26.8. The molecule has 0 bridgehead atoms. The summed E-state index contributed by atoms with van der Waals surface area (Å²) in [4.78, 5) is 19.8. The SMILES string of the molecule is Cc1cc(F)cc(/C=C/C(=O)N2CCC([C@H](O)CN3CC[C@@H](c4c[nH]c5c(Cl)cccc45)[C@H](O)C3)CC2)c1. The summed E-state index contributed by atoms with van der Waals surface area (Å²) in [6.07, 6.45) is 6.34. The normalized spacial score (nSPS) is 22.4. The minimum atomic E-state index is -0.526. The zero-order valence-corrected chi connectivity index (χ0v) is 22.4. The average molecular weight is 540 g/mol. The minimum Gasteiger partial charge on any atom is -0.392 e. The summed E-state index contributed by atoms with van der Waals surface area (Å²) in [6, 6.07) is 10.5. The van der Waals surface area contributed by atoms with Crippen LogP contribution < -0.4 is 0 Å². The van der Waals surface area contributed by atoms with Crippen LogP contribution in [0.15, 0.2) is 48.7 Å². The van der Waals surface area contributed by atoms with Gasteiger partial charge in [-0.25, -0.2) is 4.39 Å². The van der Waals surface area contributed by atoms with E-state index in [9.17, 15) is 19.4 Å². The molecule has 5 rings (SSSR count). The molecule has 0 saturated carbocycles. The summed E-state index contributed by atoms with van der Waals surface area (Å²) in [7, 11) is 0. The molecule has 0 aliphatic carbocycles. The van der Waals surface area contributed by atoms with Crippen molar-refractivity contribution in [2.45, 2.75) is 44.3 Å². The van der Waals surface area contributed by atoms with E-state index in [4.69, 9.17) is 11.6 Å². The maximum Gasteiger partial charge on any atom is 0.246 e. The van der Waals surface area contributed by atoms with Crippen molar-refractivity contribution in [1.29, 1.82) is 0 Å². The lowest BCUT2D eigenvalue weighted by atomic mass is 9.86. The zero-order valence-electron chi connectivity index (χ0n) is 21.6. The lowest BCUT2D eigenvalue weighted by Gasteiger charge is -2.39. The Labute approximate surface area is 227 Å². The van der Waals surface area contributed by atoms with E-state index >= 15 is 0 Å².